The predicted molar refractivity (Wildman–Crippen MR) is 122 cm³/mol. The highest BCUT2D eigenvalue weighted by molar-refractivity contribution is 7.84. The Morgan fingerprint density at radius 2 is 2.30 bits per heavy atom. The maximum Gasteiger partial charge on any atom is 0.204 e. The van der Waals surface area contributed by atoms with Gasteiger partial charge in [0.25, 0.3) is 0 Å². The van der Waals surface area contributed by atoms with Crippen molar-refractivity contribution in [2.45, 2.75) is 17.2 Å². The third-order valence-corrected chi connectivity index (χ3v) is 9.25. The standard InChI is InChI=1S/C20H21ClN4O3S2/c1-25-19(22)24-20(6-7-28-10-16(20)30(25)26)18-12(21)9-15(29-18)13-8-11-4-3-5-14(27-2)17(11)23-13/h3-5,8-9,16,23H,6-7,10H2,1-2H3,(H2,22,24). The molecule has 1 fully saturated rings. The van der Waals surface area contributed by atoms with E-state index >= 15 is 0 Å². The number of aliphatic imine (C=N–C) groups is 1. The van der Waals surface area contributed by atoms with Gasteiger partial charge in [0.2, 0.25) is 5.96 Å². The van der Waals surface area contributed by atoms with Crippen LogP contribution in [0.25, 0.3) is 21.5 Å². The van der Waals surface area contributed by atoms with E-state index in [1.165, 1.54) is 4.31 Å². The average Bonchev–Trinajstić information content (AvgIpc) is 3.35. The minimum atomic E-state index is -1.36. The van der Waals surface area contributed by atoms with Crippen LogP contribution in [0, 0.1) is 0 Å². The number of benzene rings is 1. The zero-order chi connectivity index (χ0) is 21.0. The molecule has 0 radical (unpaired) electrons. The topological polar surface area (TPSA) is 92.9 Å². The van der Waals surface area contributed by atoms with Crippen LogP contribution >= 0.6 is 22.9 Å². The van der Waals surface area contributed by atoms with Gasteiger partial charge in [-0.1, -0.05) is 23.7 Å². The third kappa shape index (κ3) is 2.87. The Balaban J connectivity index is 1.64. The highest BCUT2D eigenvalue weighted by Crippen LogP contribution is 2.49. The van der Waals surface area contributed by atoms with Gasteiger partial charge < -0.3 is 20.2 Å². The monoisotopic (exact) mass is 464 g/mol. The minimum absolute atomic E-state index is 0.257. The normalized spacial score (nSPS) is 26.5. The van der Waals surface area contributed by atoms with Crippen LogP contribution in [-0.4, -0.2) is 52.1 Å². The summed E-state index contributed by atoms with van der Waals surface area (Å²) in [5.41, 5.74) is 7.27. The molecule has 30 heavy (non-hydrogen) atoms. The molecule has 0 bridgehead atoms. The van der Waals surface area contributed by atoms with Crippen LogP contribution in [0.4, 0.5) is 0 Å². The molecule has 3 aromatic rings. The van der Waals surface area contributed by atoms with Crippen LogP contribution in [0.5, 0.6) is 5.75 Å². The van der Waals surface area contributed by atoms with Crippen molar-refractivity contribution in [3.05, 3.63) is 40.2 Å². The largest absolute Gasteiger partial charge is 0.495 e. The predicted octanol–water partition coefficient (Wildman–Crippen LogP) is 3.47. The number of fused-ring (bicyclic) bond motifs is 2. The Labute approximate surface area is 185 Å². The molecule has 2 aromatic heterocycles. The molecule has 0 spiro atoms. The summed E-state index contributed by atoms with van der Waals surface area (Å²) in [4.78, 5) is 10.1. The SMILES string of the molecule is COc1cccc2cc(-c3cc(Cl)c(C45CCOCC4S(=O)N(C)C(N)=N5)s3)[nH]c12. The molecule has 4 heterocycles. The number of nitrogens with two attached hydrogens (primary N) is 1. The Kier molecular flexibility index (Phi) is 4.81. The molecule has 0 saturated carbocycles. The van der Waals surface area contributed by atoms with Gasteiger partial charge in [0.1, 0.15) is 27.5 Å². The number of thiophene rings is 1. The molecule has 2 aliphatic rings. The number of aromatic nitrogens is 1. The number of ether oxygens (including phenoxy) is 2. The molecule has 0 amide bonds. The lowest BCUT2D eigenvalue weighted by Crippen LogP contribution is -2.58. The molecule has 2 aliphatic heterocycles. The fourth-order valence-electron chi connectivity index (χ4n) is 4.17. The Morgan fingerprint density at radius 1 is 1.47 bits per heavy atom. The van der Waals surface area contributed by atoms with E-state index in [9.17, 15) is 4.21 Å². The number of para-hydroxylation sites is 1. The molecule has 7 nitrogen and oxygen atoms in total. The van der Waals surface area contributed by atoms with Gasteiger partial charge in [0.15, 0.2) is 0 Å². The summed E-state index contributed by atoms with van der Waals surface area (Å²) in [5, 5.41) is 1.32. The second-order valence-electron chi connectivity index (χ2n) is 7.38. The molecule has 3 N–H and O–H groups in total. The van der Waals surface area contributed by atoms with Crippen LogP contribution in [0.2, 0.25) is 5.02 Å². The summed E-state index contributed by atoms with van der Waals surface area (Å²) < 4.78 is 25.7. The molecule has 1 aromatic carbocycles. The van der Waals surface area contributed by atoms with Crippen molar-refractivity contribution in [2.75, 3.05) is 27.4 Å². The van der Waals surface area contributed by atoms with E-state index in [2.05, 4.69) is 11.1 Å². The lowest BCUT2D eigenvalue weighted by Gasteiger charge is -2.44. The van der Waals surface area contributed by atoms with Crippen molar-refractivity contribution in [3.8, 4) is 16.3 Å². The minimum Gasteiger partial charge on any atom is -0.495 e. The van der Waals surface area contributed by atoms with Crippen molar-refractivity contribution in [2.24, 2.45) is 10.7 Å². The first kappa shape index (κ1) is 19.9. The molecular weight excluding hydrogens is 444 g/mol. The van der Waals surface area contributed by atoms with Crippen LogP contribution in [-0.2, 0) is 21.3 Å². The number of H-pyrrole nitrogens is 1. The zero-order valence-electron chi connectivity index (χ0n) is 16.5. The highest BCUT2D eigenvalue weighted by Gasteiger charge is 2.52. The van der Waals surface area contributed by atoms with Gasteiger partial charge in [0.05, 0.1) is 39.7 Å². The summed E-state index contributed by atoms with van der Waals surface area (Å²) in [6.45, 7) is 0.863. The molecule has 3 unspecified atom stereocenters. The van der Waals surface area contributed by atoms with Crippen LogP contribution in [0.1, 0.15) is 11.3 Å². The molecule has 0 aliphatic carbocycles. The molecule has 3 atom stereocenters. The first-order valence-corrected chi connectivity index (χ1v) is 11.8. The summed E-state index contributed by atoms with van der Waals surface area (Å²) in [6, 6.07) is 9.93. The van der Waals surface area contributed by atoms with E-state index in [1.54, 1.807) is 25.5 Å². The number of hydrogen-bond acceptors (Lipinski definition) is 6. The van der Waals surface area contributed by atoms with Gasteiger partial charge in [-0.15, -0.1) is 11.3 Å². The maximum atomic E-state index is 13.1. The molecule has 5 rings (SSSR count). The van der Waals surface area contributed by atoms with E-state index in [1.807, 2.05) is 24.3 Å². The number of halogens is 1. The number of nitrogens with one attached hydrogen (secondary N) is 1. The van der Waals surface area contributed by atoms with Crippen LogP contribution in [0.3, 0.4) is 0 Å². The number of nitrogens with zero attached hydrogens (tertiary/aromatic N) is 2. The van der Waals surface area contributed by atoms with Gasteiger partial charge in [0, 0.05) is 25.5 Å². The quantitative estimate of drug-likeness (QED) is 0.620. The van der Waals surface area contributed by atoms with Gasteiger partial charge in [-0.25, -0.2) is 9.20 Å². The molecule has 10 heteroatoms. The number of aromatic amines is 1. The van der Waals surface area contributed by atoms with Crippen molar-refractivity contribution >= 4 is 50.8 Å². The molecular formula is C20H21ClN4O3S2. The van der Waals surface area contributed by atoms with E-state index < -0.39 is 16.5 Å². The van der Waals surface area contributed by atoms with E-state index in [0.717, 1.165) is 32.1 Å². The van der Waals surface area contributed by atoms with Crippen molar-refractivity contribution in [3.63, 3.8) is 0 Å². The Bertz CT molecular complexity index is 1190. The van der Waals surface area contributed by atoms with E-state index in [0.29, 0.717) is 24.7 Å². The lowest BCUT2D eigenvalue weighted by molar-refractivity contribution is 0.0564. The number of rotatable bonds is 3. The average molecular weight is 465 g/mol. The first-order valence-electron chi connectivity index (χ1n) is 9.48. The summed E-state index contributed by atoms with van der Waals surface area (Å²) in [6.07, 6.45) is 0.581. The van der Waals surface area contributed by atoms with Gasteiger partial charge in [-0.05, 0) is 18.2 Å². The molecule has 158 valence electrons. The van der Waals surface area contributed by atoms with Gasteiger partial charge in [-0.2, -0.15) is 0 Å². The fourth-order valence-corrected chi connectivity index (χ4v) is 7.38. The van der Waals surface area contributed by atoms with Crippen LogP contribution < -0.4 is 10.5 Å². The van der Waals surface area contributed by atoms with E-state index in [4.69, 9.17) is 31.8 Å². The number of hydrogen-bond donors (Lipinski definition) is 2. The maximum absolute atomic E-state index is 13.1. The summed E-state index contributed by atoms with van der Waals surface area (Å²) in [5.74, 6) is 1.04. The van der Waals surface area contributed by atoms with E-state index in [-0.39, 0.29) is 11.2 Å². The number of methoxy groups -OCH3 is 1. The highest BCUT2D eigenvalue weighted by atomic mass is 35.5. The van der Waals surface area contributed by atoms with Crippen molar-refractivity contribution in [1.29, 1.82) is 0 Å². The summed E-state index contributed by atoms with van der Waals surface area (Å²) >= 11 is 8.29. The smallest absolute Gasteiger partial charge is 0.204 e. The molecule has 1 saturated heterocycles. The fraction of sp³-hybridized carbons (Fsp3) is 0.350. The third-order valence-electron chi connectivity index (χ3n) is 5.76. The second-order valence-corrected chi connectivity index (χ2v) is 10.5. The lowest BCUT2D eigenvalue weighted by atomic mass is 9.88. The second kappa shape index (κ2) is 7.26. The number of guanidine groups is 1. The Morgan fingerprint density at radius 3 is 3.10 bits per heavy atom. The van der Waals surface area contributed by atoms with Crippen LogP contribution in [0.15, 0.2) is 35.3 Å². The van der Waals surface area contributed by atoms with Crippen molar-refractivity contribution < 1.29 is 13.7 Å². The van der Waals surface area contributed by atoms with Crippen molar-refractivity contribution in [1.82, 2.24) is 9.29 Å². The van der Waals surface area contributed by atoms with Gasteiger partial charge >= 0.3 is 0 Å². The first-order chi connectivity index (χ1) is 14.4. The summed E-state index contributed by atoms with van der Waals surface area (Å²) in [7, 11) is 1.99. The zero-order valence-corrected chi connectivity index (χ0v) is 18.9. The van der Waals surface area contributed by atoms with Gasteiger partial charge in [-0.3, -0.25) is 4.31 Å². The Hall–Kier alpha value is -2.07.